The van der Waals surface area contributed by atoms with Gasteiger partial charge in [0, 0.05) is 6.42 Å². The van der Waals surface area contributed by atoms with Crippen LogP contribution in [0.5, 0.6) is 5.75 Å². The number of rotatable bonds is 7. The standard InChI is InChI=1S/C19H30N2O3/c1-3-10-21-11-8-15(9-12-21)13-18(23)20-14(2)19(24)16-4-6-17(22)7-5-16/h4-7,14-15,19,22,24H,3,8-13H2,1-2H3,(H,20,23)/t14-,19-/m0/s1. The Morgan fingerprint density at radius 3 is 2.50 bits per heavy atom. The van der Waals surface area contributed by atoms with E-state index in [1.54, 1.807) is 19.1 Å². The smallest absolute Gasteiger partial charge is 0.220 e. The summed E-state index contributed by atoms with van der Waals surface area (Å²) in [6, 6.07) is 6.06. The number of phenolic OH excluding ortho intramolecular Hbond substituents is 1. The molecule has 1 aromatic carbocycles. The predicted molar refractivity (Wildman–Crippen MR) is 94.7 cm³/mol. The average Bonchev–Trinajstić information content (AvgIpc) is 2.57. The van der Waals surface area contributed by atoms with Gasteiger partial charge in [-0.15, -0.1) is 0 Å². The summed E-state index contributed by atoms with van der Waals surface area (Å²) in [5, 5.41) is 22.5. The van der Waals surface area contributed by atoms with Gasteiger partial charge in [0.2, 0.25) is 5.91 Å². The molecule has 0 radical (unpaired) electrons. The molecule has 1 aliphatic heterocycles. The van der Waals surface area contributed by atoms with Crippen molar-refractivity contribution in [2.45, 2.75) is 51.7 Å². The lowest BCUT2D eigenvalue weighted by Crippen LogP contribution is -2.40. The van der Waals surface area contributed by atoms with Crippen molar-refractivity contribution in [1.82, 2.24) is 10.2 Å². The number of aromatic hydroxyl groups is 1. The SMILES string of the molecule is CCCN1CCC(CC(=O)N[C@@H](C)[C@H](O)c2ccc(O)cc2)CC1. The molecule has 0 spiro atoms. The summed E-state index contributed by atoms with van der Waals surface area (Å²) in [6.45, 7) is 7.31. The van der Waals surface area contributed by atoms with Gasteiger partial charge in [0.15, 0.2) is 0 Å². The number of carbonyl (C=O) groups is 1. The van der Waals surface area contributed by atoms with Crippen LogP contribution in [0.4, 0.5) is 0 Å². The van der Waals surface area contributed by atoms with Crippen molar-refractivity contribution >= 4 is 5.91 Å². The maximum atomic E-state index is 12.2. The molecule has 24 heavy (non-hydrogen) atoms. The average molecular weight is 334 g/mol. The summed E-state index contributed by atoms with van der Waals surface area (Å²) >= 11 is 0. The fourth-order valence-corrected chi connectivity index (χ4v) is 3.34. The summed E-state index contributed by atoms with van der Waals surface area (Å²) in [5.74, 6) is 0.613. The van der Waals surface area contributed by atoms with E-state index in [1.165, 1.54) is 18.6 Å². The van der Waals surface area contributed by atoms with E-state index in [4.69, 9.17) is 0 Å². The number of aliphatic hydroxyl groups is 1. The third-order valence-electron chi connectivity index (χ3n) is 4.82. The van der Waals surface area contributed by atoms with Crippen molar-refractivity contribution in [2.75, 3.05) is 19.6 Å². The van der Waals surface area contributed by atoms with Gasteiger partial charge in [-0.1, -0.05) is 19.1 Å². The Labute approximate surface area is 144 Å². The van der Waals surface area contributed by atoms with Gasteiger partial charge in [-0.2, -0.15) is 0 Å². The number of carbonyl (C=O) groups excluding carboxylic acids is 1. The first-order valence-electron chi connectivity index (χ1n) is 8.98. The van der Waals surface area contributed by atoms with E-state index in [9.17, 15) is 15.0 Å². The monoisotopic (exact) mass is 334 g/mol. The normalized spacial score (nSPS) is 19.0. The van der Waals surface area contributed by atoms with Crippen LogP contribution in [0.2, 0.25) is 0 Å². The Kier molecular flexibility index (Phi) is 7.06. The molecule has 2 rings (SSSR count). The summed E-state index contributed by atoms with van der Waals surface area (Å²) in [7, 11) is 0. The van der Waals surface area contributed by atoms with Crippen molar-refractivity contribution in [3.05, 3.63) is 29.8 Å². The number of hydrogen-bond acceptors (Lipinski definition) is 4. The minimum atomic E-state index is -0.777. The molecule has 0 bridgehead atoms. The Morgan fingerprint density at radius 2 is 1.92 bits per heavy atom. The molecule has 2 atom stereocenters. The summed E-state index contributed by atoms with van der Waals surface area (Å²) in [4.78, 5) is 14.7. The minimum absolute atomic E-state index is 0.00858. The van der Waals surface area contributed by atoms with Gasteiger partial charge in [-0.05, 0) is 69.4 Å². The molecule has 0 unspecified atom stereocenters. The number of hydrogen-bond donors (Lipinski definition) is 3. The summed E-state index contributed by atoms with van der Waals surface area (Å²) in [5.41, 5.74) is 0.688. The molecule has 5 nitrogen and oxygen atoms in total. The maximum absolute atomic E-state index is 12.2. The van der Waals surface area contributed by atoms with E-state index in [-0.39, 0.29) is 17.7 Å². The van der Waals surface area contributed by atoms with E-state index in [1.807, 2.05) is 0 Å². The molecular formula is C19H30N2O3. The van der Waals surface area contributed by atoms with Gasteiger partial charge in [0.1, 0.15) is 5.75 Å². The lowest BCUT2D eigenvalue weighted by molar-refractivity contribution is -0.123. The van der Waals surface area contributed by atoms with Crippen LogP contribution in [-0.2, 0) is 4.79 Å². The van der Waals surface area contributed by atoms with Gasteiger partial charge in [-0.25, -0.2) is 0 Å². The van der Waals surface area contributed by atoms with Gasteiger partial charge >= 0.3 is 0 Å². The van der Waals surface area contributed by atoms with Gasteiger partial charge in [0.25, 0.3) is 0 Å². The Morgan fingerprint density at radius 1 is 1.29 bits per heavy atom. The molecule has 0 aliphatic carbocycles. The van der Waals surface area contributed by atoms with Crippen molar-refractivity contribution in [3.8, 4) is 5.75 Å². The highest BCUT2D eigenvalue weighted by Gasteiger charge is 2.23. The van der Waals surface area contributed by atoms with Crippen molar-refractivity contribution in [1.29, 1.82) is 0 Å². The number of likely N-dealkylation sites (tertiary alicyclic amines) is 1. The zero-order chi connectivity index (χ0) is 17.5. The molecule has 1 saturated heterocycles. The van der Waals surface area contributed by atoms with Gasteiger partial charge < -0.3 is 20.4 Å². The fraction of sp³-hybridized carbons (Fsp3) is 0.632. The van der Waals surface area contributed by atoms with Crippen LogP contribution in [0.25, 0.3) is 0 Å². The van der Waals surface area contributed by atoms with Gasteiger partial charge in [-0.3, -0.25) is 4.79 Å². The Balaban J connectivity index is 1.76. The molecule has 1 fully saturated rings. The Hall–Kier alpha value is -1.59. The van der Waals surface area contributed by atoms with Crippen LogP contribution >= 0.6 is 0 Å². The second-order valence-corrected chi connectivity index (χ2v) is 6.88. The molecule has 1 aliphatic rings. The lowest BCUT2D eigenvalue weighted by Gasteiger charge is -2.31. The first-order chi connectivity index (χ1) is 11.5. The second kappa shape index (κ2) is 9.04. The van der Waals surface area contributed by atoms with E-state index < -0.39 is 6.10 Å². The van der Waals surface area contributed by atoms with Crippen LogP contribution in [0.1, 0.15) is 51.2 Å². The fourth-order valence-electron chi connectivity index (χ4n) is 3.34. The molecule has 1 heterocycles. The first-order valence-corrected chi connectivity index (χ1v) is 8.98. The largest absolute Gasteiger partial charge is 0.508 e. The van der Waals surface area contributed by atoms with Crippen LogP contribution in [0.15, 0.2) is 24.3 Å². The molecule has 3 N–H and O–H groups in total. The van der Waals surface area contributed by atoms with E-state index in [0.717, 1.165) is 32.5 Å². The molecule has 5 heteroatoms. The number of amides is 1. The molecule has 1 amide bonds. The van der Waals surface area contributed by atoms with Crippen LogP contribution < -0.4 is 5.32 Å². The lowest BCUT2D eigenvalue weighted by atomic mass is 9.93. The quantitative estimate of drug-likeness (QED) is 0.716. The predicted octanol–water partition coefficient (Wildman–Crippen LogP) is 2.44. The highest BCUT2D eigenvalue weighted by atomic mass is 16.3. The second-order valence-electron chi connectivity index (χ2n) is 6.88. The maximum Gasteiger partial charge on any atom is 0.220 e. The number of benzene rings is 1. The van der Waals surface area contributed by atoms with Crippen LogP contribution in [-0.4, -0.2) is 46.7 Å². The number of nitrogens with one attached hydrogen (secondary N) is 1. The zero-order valence-corrected chi connectivity index (χ0v) is 14.7. The van der Waals surface area contributed by atoms with E-state index >= 15 is 0 Å². The third kappa shape index (κ3) is 5.49. The van der Waals surface area contributed by atoms with Crippen LogP contribution in [0.3, 0.4) is 0 Å². The zero-order valence-electron chi connectivity index (χ0n) is 14.7. The van der Waals surface area contributed by atoms with Crippen molar-refractivity contribution in [2.24, 2.45) is 5.92 Å². The van der Waals surface area contributed by atoms with Crippen LogP contribution in [0, 0.1) is 5.92 Å². The number of piperidine rings is 1. The summed E-state index contributed by atoms with van der Waals surface area (Å²) in [6.07, 6.45) is 3.08. The summed E-state index contributed by atoms with van der Waals surface area (Å²) < 4.78 is 0. The van der Waals surface area contributed by atoms with Crippen molar-refractivity contribution in [3.63, 3.8) is 0 Å². The molecule has 134 valence electrons. The first kappa shape index (κ1) is 18.7. The molecule has 0 saturated carbocycles. The number of aliphatic hydroxyl groups excluding tert-OH is 1. The van der Waals surface area contributed by atoms with Gasteiger partial charge in [0.05, 0.1) is 12.1 Å². The third-order valence-corrected chi connectivity index (χ3v) is 4.82. The van der Waals surface area contributed by atoms with E-state index in [0.29, 0.717) is 17.9 Å². The topological polar surface area (TPSA) is 72.8 Å². The van der Waals surface area contributed by atoms with E-state index in [2.05, 4.69) is 17.1 Å². The van der Waals surface area contributed by atoms with Crippen molar-refractivity contribution < 1.29 is 15.0 Å². The molecule has 0 aromatic heterocycles. The molecular weight excluding hydrogens is 304 g/mol. The highest BCUT2D eigenvalue weighted by molar-refractivity contribution is 5.76. The number of phenols is 1. The molecule has 1 aromatic rings. The minimum Gasteiger partial charge on any atom is -0.508 e. The number of nitrogens with zero attached hydrogens (tertiary/aromatic N) is 1. The Bertz CT molecular complexity index is 510. The highest BCUT2D eigenvalue weighted by Crippen LogP contribution is 2.22.